The van der Waals surface area contributed by atoms with Gasteiger partial charge in [0.25, 0.3) is 0 Å². The number of aliphatic carboxylic acids is 1. The van der Waals surface area contributed by atoms with Crippen molar-refractivity contribution >= 4 is 22.7 Å². The number of carboxylic acid groups (broad SMARTS) is 1. The van der Waals surface area contributed by atoms with Crippen LogP contribution in [0.3, 0.4) is 0 Å². The fourth-order valence-corrected chi connectivity index (χ4v) is 3.73. The number of rotatable bonds is 4. The van der Waals surface area contributed by atoms with E-state index in [9.17, 15) is 22.4 Å². The minimum atomic E-state index is -5.08. The third kappa shape index (κ3) is 6.58. The van der Waals surface area contributed by atoms with Crippen molar-refractivity contribution in [3.8, 4) is 0 Å². The minimum absolute atomic E-state index is 0.175. The Bertz CT molecular complexity index is 1130. The van der Waals surface area contributed by atoms with E-state index in [1.807, 2.05) is 24.3 Å². The maximum absolute atomic E-state index is 13.1. The van der Waals surface area contributed by atoms with Crippen LogP contribution in [-0.4, -0.2) is 46.4 Å². The molecule has 1 aliphatic heterocycles. The fourth-order valence-electron chi connectivity index (χ4n) is 3.73. The maximum atomic E-state index is 13.1. The molecule has 1 aliphatic rings. The van der Waals surface area contributed by atoms with E-state index in [1.54, 1.807) is 0 Å². The molecule has 11 heteroatoms. The summed E-state index contributed by atoms with van der Waals surface area (Å²) in [5.74, 6) is -2.95. The quantitative estimate of drug-likeness (QED) is 0.435. The van der Waals surface area contributed by atoms with Crippen LogP contribution in [0.5, 0.6) is 0 Å². The molecule has 0 spiro atoms. The van der Waals surface area contributed by atoms with Crippen molar-refractivity contribution in [3.63, 3.8) is 0 Å². The number of anilines is 1. The third-order valence-corrected chi connectivity index (χ3v) is 5.45. The second-order valence-corrected chi connectivity index (χ2v) is 7.81. The van der Waals surface area contributed by atoms with Crippen molar-refractivity contribution in [2.45, 2.75) is 38.0 Å². The van der Waals surface area contributed by atoms with Gasteiger partial charge in [-0.2, -0.15) is 13.2 Å². The summed E-state index contributed by atoms with van der Waals surface area (Å²) in [7, 11) is 0. The average molecular weight is 468 g/mol. The van der Waals surface area contributed by atoms with Crippen molar-refractivity contribution in [3.05, 3.63) is 64.3 Å². The number of nitrogens with zero attached hydrogens (tertiary/aromatic N) is 1. The Kier molecular flexibility index (Phi) is 7.42. The molecule has 0 bridgehead atoms. The predicted octanol–water partition coefficient (Wildman–Crippen LogP) is 3.95. The Labute approximate surface area is 186 Å². The van der Waals surface area contributed by atoms with Gasteiger partial charge in [0.1, 0.15) is 5.82 Å². The summed E-state index contributed by atoms with van der Waals surface area (Å²) in [6.07, 6.45) is -2.99. The van der Waals surface area contributed by atoms with Gasteiger partial charge in [-0.1, -0.05) is 6.07 Å². The SMILES string of the molecule is CC(NC1CCN(c2ccc(F)cc2)CC1)c1ccc2[nH]c(=O)[nH]c2c1.O=C(O)C(F)(F)F. The monoisotopic (exact) mass is 468 g/mol. The normalized spacial score (nSPS) is 15.7. The molecule has 2 aromatic carbocycles. The highest BCUT2D eigenvalue weighted by atomic mass is 19.4. The molecule has 1 aromatic heterocycles. The molecule has 33 heavy (non-hydrogen) atoms. The molecule has 1 atom stereocenters. The Balaban J connectivity index is 0.000000383. The molecule has 3 aromatic rings. The van der Waals surface area contributed by atoms with Crippen LogP contribution in [0.15, 0.2) is 47.3 Å². The zero-order chi connectivity index (χ0) is 24.2. The van der Waals surface area contributed by atoms with Crippen molar-refractivity contribution in [2.75, 3.05) is 18.0 Å². The lowest BCUT2D eigenvalue weighted by Crippen LogP contribution is -2.43. The standard InChI is InChI=1S/C20H23FN4O.C2HF3O2/c1-13(14-2-7-18-19(12-14)24-20(26)23-18)22-16-8-10-25(11-9-16)17-5-3-15(21)4-6-17;3-2(4,5)1(6)7/h2-7,12-13,16,22H,8-11H2,1H3,(H2,23,24,26);(H,6,7). The molecule has 2 heterocycles. The summed E-state index contributed by atoms with van der Waals surface area (Å²) < 4.78 is 44.8. The number of imidazole rings is 1. The molecular weight excluding hydrogens is 444 g/mol. The molecular formula is C22H24F4N4O3. The predicted molar refractivity (Wildman–Crippen MR) is 116 cm³/mol. The number of hydrogen-bond donors (Lipinski definition) is 4. The van der Waals surface area contributed by atoms with Gasteiger partial charge in [0.05, 0.1) is 11.0 Å². The lowest BCUT2D eigenvalue weighted by molar-refractivity contribution is -0.192. The number of aromatic nitrogens is 2. The first-order valence-electron chi connectivity index (χ1n) is 10.3. The first-order chi connectivity index (χ1) is 15.5. The summed E-state index contributed by atoms with van der Waals surface area (Å²) >= 11 is 0. The number of aromatic amines is 2. The van der Waals surface area contributed by atoms with Crippen LogP contribution in [0.2, 0.25) is 0 Å². The van der Waals surface area contributed by atoms with Crippen LogP contribution >= 0.6 is 0 Å². The highest BCUT2D eigenvalue weighted by Crippen LogP contribution is 2.23. The van der Waals surface area contributed by atoms with Crippen molar-refractivity contribution in [1.82, 2.24) is 15.3 Å². The summed E-state index contributed by atoms with van der Waals surface area (Å²) in [5, 5.41) is 10.8. The minimum Gasteiger partial charge on any atom is -0.475 e. The van der Waals surface area contributed by atoms with Gasteiger partial charge in [0.15, 0.2) is 0 Å². The summed E-state index contributed by atoms with van der Waals surface area (Å²) in [5.41, 5.74) is 3.74. The molecule has 4 rings (SSSR count). The second kappa shape index (κ2) is 10.1. The lowest BCUT2D eigenvalue weighted by Gasteiger charge is -2.35. The highest BCUT2D eigenvalue weighted by Gasteiger charge is 2.38. The maximum Gasteiger partial charge on any atom is 0.490 e. The van der Waals surface area contributed by atoms with Crippen LogP contribution in [0.4, 0.5) is 23.2 Å². The lowest BCUT2D eigenvalue weighted by atomic mass is 10.0. The third-order valence-electron chi connectivity index (χ3n) is 5.45. The van der Waals surface area contributed by atoms with Gasteiger partial charge in [-0.25, -0.2) is 14.0 Å². The summed E-state index contributed by atoms with van der Waals surface area (Å²) in [6, 6.07) is 13.4. The van der Waals surface area contributed by atoms with E-state index in [2.05, 4.69) is 33.2 Å². The van der Waals surface area contributed by atoms with Crippen LogP contribution in [-0.2, 0) is 4.79 Å². The zero-order valence-corrected chi connectivity index (χ0v) is 17.7. The molecule has 0 aliphatic carbocycles. The van der Waals surface area contributed by atoms with Crippen molar-refractivity contribution in [2.24, 2.45) is 0 Å². The zero-order valence-electron chi connectivity index (χ0n) is 17.7. The molecule has 1 fully saturated rings. The van der Waals surface area contributed by atoms with Crippen molar-refractivity contribution < 1.29 is 27.5 Å². The Hall–Kier alpha value is -3.34. The molecule has 1 saturated heterocycles. The van der Waals surface area contributed by atoms with E-state index >= 15 is 0 Å². The van der Waals surface area contributed by atoms with E-state index in [1.165, 1.54) is 12.1 Å². The Morgan fingerprint density at radius 3 is 2.24 bits per heavy atom. The van der Waals surface area contributed by atoms with E-state index in [0.717, 1.165) is 48.2 Å². The van der Waals surface area contributed by atoms with Gasteiger partial charge in [0, 0.05) is 30.9 Å². The molecule has 0 radical (unpaired) electrons. The van der Waals surface area contributed by atoms with Crippen LogP contribution < -0.4 is 15.9 Å². The Morgan fingerprint density at radius 1 is 1.09 bits per heavy atom. The first-order valence-corrected chi connectivity index (χ1v) is 10.3. The van der Waals surface area contributed by atoms with Gasteiger partial charge in [-0.15, -0.1) is 0 Å². The number of fused-ring (bicyclic) bond motifs is 1. The number of halogens is 4. The molecule has 0 amide bonds. The fraction of sp³-hybridized carbons (Fsp3) is 0.364. The average Bonchev–Trinajstić information content (AvgIpc) is 3.14. The van der Waals surface area contributed by atoms with Crippen molar-refractivity contribution in [1.29, 1.82) is 0 Å². The van der Waals surface area contributed by atoms with Gasteiger partial charge in [-0.05, 0) is 61.7 Å². The number of benzene rings is 2. The van der Waals surface area contributed by atoms with E-state index < -0.39 is 12.1 Å². The number of carboxylic acids is 1. The number of hydrogen-bond acceptors (Lipinski definition) is 4. The topological polar surface area (TPSA) is 101 Å². The van der Waals surface area contributed by atoms with E-state index in [0.29, 0.717) is 6.04 Å². The van der Waals surface area contributed by atoms with E-state index in [4.69, 9.17) is 9.90 Å². The largest absolute Gasteiger partial charge is 0.490 e. The van der Waals surface area contributed by atoms with E-state index in [-0.39, 0.29) is 17.5 Å². The molecule has 7 nitrogen and oxygen atoms in total. The molecule has 178 valence electrons. The molecule has 0 saturated carbocycles. The van der Waals surface area contributed by atoms with Gasteiger partial charge in [0.2, 0.25) is 0 Å². The second-order valence-electron chi connectivity index (χ2n) is 7.81. The van der Waals surface area contributed by atoms with Crippen LogP contribution in [0.1, 0.15) is 31.4 Å². The number of alkyl halides is 3. The highest BCUT2D eigenvalue weighted by molar-refractivity contribution is 5.75. The summed E-state index contributed by atoms with van der Waals surface area (Å²) in [4.78, 5) is 28.2. The first kappa shape index (κ1) is 24.3. The van der Waals surface area contributed by atoms with Gasteiger partial charge < -0.3 is 25.3 Å². The summed E-state index contributed by atoms with van der Waals surface area (Å²) in [6.45, 7) is 4.07. The van der Waals surface area contributed by atoms with Gasteiger partial charge >= 0.3 is 17.8 Å². The van der Waals surface area contributed by atoms with Crippen LogP contribution in [0, 0.1) is 5.82 Å². The smallest absolute Gasteiger partial charge is 0.475 e. The molecule has 4 N–H and O–H groups in total. The molecule has 1 unspecified atom stereocenters. The number of H-pyrrole nitrogens is 2. The number of piperidine rings is 1. The number of carbonyl (C=O) groups is 1. The number of nitrogens with one attached hydrogen (secondary N) is 3. The van der Waals surface area contributed by atoms with Crippen LogP contribution in [0.25, 0.3) is 11.0 Å². The Morgan fingerprint density at radius 2 is 1.67 bits per heavy atom. The van der Waals surface area contributed by atoms with Gasteiger partial charge in [-0.3, -0.25) is 0 Å².